The number of pyridine rings is 1. The molecule has 1 saturated carbocycles. The maximum atomic E-state index is 6.11. The van der Waals surface area contributed by atoms with E-state index in [4.69, 9.17) is 5.73 Å². The van der Waals surface area contributed by atoms with Gasteiger partial charge in [-0.1, -0.05) is 12.8 Å². The van der Waals surface area contributed by atoms with Gasteiger partial charge in [-0.05, 0) is 47.3 Å². The lowest BCUT2D eigenvalue weighted by Crippen LogP contribution is -2.42. The van der Waals surface area contributed by atoms with Gasteiger partial charge in [0, 0.05) is 22.8 Å². The molecule has 3 nitrogen and oxygen atoms in total. The molecule has 3 N–H and O–H groups in total. The van der Waals surface area contributed by atoms with E-state index < -0.39 is 0 Å². The number of aryl methyl sites for hydroxylation is 1. The SMILES string of the molecule is Cc1cc(Br)cnc1NC1CCCCC1N. The summed E-state index contributed by atoms with van der Waals surface area (Å²) in [5.41, 5.74) is 7.27. The Morgan fingerprint density at radius 2 is 2.19 bits per heavy atom. The van der Waals surface area contributed by atoms with Crippen molar-refractivity contribution in [3.63, 3.8) is 0 Å². The predicted molar refractivity (Wildman–Crippen MR) is 70.5 cm³/mol. The van der Waals surface area contributed by atoms with Crippen LogP contribution in [0.5, 0.6) is 0 Å². The van der Waals surface area contributed by atoms with Crippen molar-refractivity contribution in [2.45, 2.75) is 44.7 Å². The van der Waals surface area contributed by atoms with Crippen LogP contribution in [0, 0.1) is 6.92 Å². The van der Waals surface area contributed by atoms with E-state index in [0.29, 0.717) is 6.04 Å². The molecule has 0 amide bonds. The summed E-state index contributed by atoms with van der Waals surface area (Å²) in [4.78, 5) is 4.39. The molecule has 0 aromatic carbocycles. The normalized spacial score (nSPS) is 25.4. The van der Waals surface area contributed by atoms with Crippen molar-refractivity contribution in [2.75, 3.05) is 5.32 Å². The zero-order chi connectivity index (χ0) is 11.5. The van der Waals surface area contributed by atoms with E-state index in [1.54, 1.807) is 0 Å². The van der Waals surface area contributed by atoms with Crippen LogP contribution in [0.2, 0.25) is 0 Å². The van der Waals surface area contributed by atoms with Gasteiger partial charge in [0.25, 0.3) is 0 Å². The highest BCUT2D eigenvalue weighted by Crippen LogP contribution is 2.23. The molecular formula is C12H18BrN3. The number of hydrogen-bond donors (Lipinski definition) is 2. The van der Waals surface area contributed by atoms with Crippen LogP contribution in [0.4, 0.5) is 5.82 Å². The van der Waals surface area contributed by atoms with Crippen molar-refractivity contribution >= 4 is 21.7 Å². The monoisotopic (exact) mass is 283 g/mol. The number of anilines is 1. The minimum absolute atomic E-state index is 0.263. The average molecular weight is 284 g/mol. The van der Waals surface area contributed by atoms with Gasteiger partial charge in [0.2, 0.25) is 0 Å². The molecule has 1 aromatic heterocycles. The van der Waals surface area contributed by atoms with Crippen LogP contribution in [0.25, 0.3) is 0 Å². The van der Waals surface area contributed by atoms with Crippen molar-refractivity contribution in [2.24, 2.45) is 5.73 Å². The third-order valence-corrected chi connectivity index (χ3v) is 3.62. The average Bonchev–Trinajstić information content (AvgIpc) is 2.25. The summed E-state index contributed by atoms with van der Waals surface area (Å²) < 4.78 is 1.02. The van der Waals surface area contributed by atoms with Gasteiger partial charge in [-0.25, -0.2) is 4.98 Å². The van der Waals surface area contributed by atoms with Crippen LogP contribution in [-0.4, -0.2) is 17.1 Å². The van der Waals surface area contributed by atoms with Crippen molar-refractivity contribution in [3.05, 3.63) is 22.3 Å². The summed E-state index contributed by atoms with van der Waals surface area (Å²) in [5, 5.41) is 3.47. The minimum atomic E-state index is 0.263. The summed E-state index contributed by atoms with van der Waals surface area (Å²) in [6, 6.07) is 2.71. The van der Waals surface area contributed by atoms with Crippen LogP contribution in [-0.2, 0) is 0 Å². The summed E-state index contributed by atoms with van der Waals surface area (Å²) in [6.07, 6.45) is 6.61. The number of rotatable bonds is 2. The fourth-order valence-corrected chi connectivity index (χ4v) is 2.65. The molecule has 88 valence electrons. The third kappa shape index (κ3) is 2.74. The second-order valence-corrected chi connectivity index (χ2v) is 5.43. The second-order valence-electron chi connectivity index (χ2n) is 4.52. The first-order valence-corrected chi connectivity index (χ1v) is 6.60. The number of halogens is 1. The zero-order valence-corrected chi connectivity index (χ0v) is 11.1. The van der Waals surface area contributed by atoms with Crippen LogP contribution < -0.4 is 11.1 Å². The Kier molecular flexibility index (Phi) is 3.82. The molecule has 0 radical (unpaired) electrons. The van der Waals surface area contributed by atoms with E-state index >= 15 is 0 Å². The molecule has 0 spiro atoms. The predicted octanol–water partition coefficient (Wildman–Crippen LogP) is 2.83. The number of aromatic nitrogens is 1. The van der Waals surface area contributed by atoms with Gasteiger partial charge >= 0.3 is 0 Å². The highest BCUT2D eigenvalue weighted by Gasteiger charge is 2.22. The van der Waals surface area contributed by atoms with E-state index in [0.717, 1.165) is 28.7 Å². The molecule has 4 heteroatoms. The van der Waals surface area contributed by atoms with Crippen molar-refractivity contribution in [3.8, 4) is 0 Å². The lowest BCUT2D eigenvalue weighted by atomic mass is 9.91. The van der Waals surface area contributed by atoms with Gasteiger partial charge in [-0.15, -0.1) is 0 Å². The van der Waals surface area contributed by atoms with Crippen LogP contribution in [0.1, 0.15) is 31.2 Å². The maximum absolute atomic E-state index is 6.11. The van der Waals surface area contributed by atoms with Crippen LogP contribution in [0.3, 0.4) is 0 Å². The van der Waals surface area contributed by atoms with Crippen molar-refractivity contribution in [1.29, 1.82) is 0 Å². The lowest BCUT2D eigenvalue weighted by molar-refractivity contribution is 0.403. The number of nitrogens with two attached hydrogens (primary N) is 1. The van der Waals surface area contributed by atoms with E-state index in [9.17, 15) is 0 Å². The molecule has 1 heterocycles. The molecule has 2 atom stereocenters. The fourth-order valence-electron chi connectivity index (χ4n) is 2.21. The van der Waals surface area contributed by atoms with E-state index in [2.05, 4.69) is 39.2 Å². The van der Waals surface area contributed by atoms with E-state index in [1.807, 2.05) is 6.20 Å². The quantitative estimate of drug-likeness (QED) is 0.878. The number of hydrogen-bond acceptors (Lipinski definition) is 3. The minimum Gasteiger partial charge on any atom is -0.366 e. The largest absolute Gasteiger partial charge is 0.366 e. The number of nitrogens with zero attached hydrogens (tertiary/aromatic N) is 1. The molecule has 1 aliphatic carbocycles. The molecule has 1 aromatic rings. The zero-order valence-electron chi connectivity index (χ0n) is 9.54. The molecule has 0 bridgehead atoms. The molecular weight excluding hydrogens is 266 g/mol. The Labute approximate surface area is 105 Å². The molecule has 2 rings (SSSR count). The summed E-state index contributed by atoms with van der Waals surface area (Å²) in [6.45, 7) is 2.06. The first kappa shape index (κ1) is 11.9. The first-order chi connectivity index (χ1) is 7.66. The highest BCUT2D eigenvalue weighted by atomic mass is 79.9. The Balaban J connectivity index is 2.07. The standard InChI is InChI=1S/C12H18BrN3/c1-8-6-9(13)7-15-12(8)16-11-5-3-2-4-10(11)14/h6-7,10-11H,2-5,14H2,1H3,(H,15,16). The fraction of sp³-hybridized carbons (Fsp3) is 0.583. The molecule has 16 heavy (non-hydrogen) atoms. The van der Waals surface area contributed by atoms with Crippen molar-refractivity contribution in [1.82, 2.24) is 4.98 Å². The molecule has 0 saturated heterocycles. The van der Waals surface area contributed by atoms with E-state index in [1.165, 1.54) is 12.8 Å². The van der Waals surface area contributed by atoms with Gasteiger partial charge in [0.05, 0.1) is 0 Å². The second kappa shape index (κ2) is 5.15. The Bertz CT molecular complexity index is 367. The van der Waals surface area contributed by atoms with Gasteiger partial charge < -0.3 is 11.1 Å². The van der Waals surface area contributed by atoms with Crippen LogP contribution >= 0.6 is 15.9 Å². The Morgan fingerprint density at radius 3 is 2.88 bits per heavy atom. The molecule has 1 fully saturated rings. The van der Waals surface area contributed by atoms with Gasteiger partial charge in [-0.3, -0.25) is 0 Å². The number of nitrogens with one attached hydrogen (secondary N) is 1. The Morgan fingerprint density at radius 1 is 1.44 bits per heavy atom. The summed E-state index contributed by atoms with van der Waals surface area (Å²) >= 11 is 3.42. The maximum Gasteiger partial charge on any atom is 0.129 e. The van der Waals surface area contributed by atoms with Crippen molar-refractivity contribution < 1.29 is 0 Å². The highest BCUT2D eigenvalue weighted by molar-refractivity contribution is 9.10. The van der Waals surface area contributed by atoms with Gasteiger partial charge in [-0.2, -0.15) is 0 Å². The molecule has 2 unspecified atom stereocenters. The third-order valence-electron chi connectivity index (χ3n) is 3.19. The van der Waals surface area contributed by atoms with Crippen LogP contribution in [0.15, 0.2) is 16.7 Å². The first-order valence-electron chi connectivity index (χ1n) is 5.81. The molecule has 1 aliphatic rings. The summed E-state index contributed by atoms with van der Waals surface area (Å²) in [5.74, 6) is 0.963. The lowest BCUT2D eigenvalue weighted by Gasteiger charge is -2.30. The Hall–Kier alpha value is -0.610. The van der Waals surface area contributed by atoms with Gasteiger partial charge in [0.15, 0.2) is 0 Å². The smallest absolute Gasteiger partial charge is 0.129 e. The topological polar surface area (TPSA) is 50.9 Å². The molecule has 0 aliphatic heterocycles. The van der Waals surface area contributed by atoms with E-state index in [-0.39, 0.29) is 6.04 Å². The van der Waals surface area contributed by atoms with Gasteiger partial charge in [0.1, 0.15) is 5.82 Å². The summed E-state index contributed by atoms with van der Waals surface area (Å²) in [7, 11) is 0.